The summed E-state index contributed by atoms with van der Waals surface area (Å²) in [6.45, 7) is -0.718. The maximum atomic E-state index is 13.6. The molecule has 0 fully saturated rings. The highest BCUT2D eigenvalue weighted by Crippen LogP contribution is 2.35. The number of halogens is 1. The van der Waals surface area contributed by atoms with Gasteiger partial charge in [-0.2, -0.15) is 0 Å². The van der Waals surface area contributed by atoms with E-state index in [1.807, 2.05) is 5.32 Å². The maximum absolute atomic E-state index is 13.6. The number of thioether (sulfide) groups is 1. The molecule has 2 rings (SSSR count). The summed E-state index contributed by atoms with van der Waals surface area (Å²) in [7, 11) is 0. The van der Waals surface area contributed by atoms with E-state index in [0.717, 1.165) is 6.07 Å². The van der Waals surface area contributed by atoms with Crippen molar-refractivity contribution in [2.75, 3.05) is 6.54 Å². The lowest BCUT2D eigenvalue weighted by Crippen LogP contribution is -2.43. The maximum Gasteiger partial charge on any atom is 0.322 e. The quantitative estimate of drug-likeness (QED) is 0.786. The summed E-state index contributed by atoms with van der Waals surface area (Å²) in [5.74, 6) is -5.84. The fourth-order valence-corrected chi connectivity index (χ4v) is 2.73. The summed E-state index contributed by atoms with van der Waals surface area (Å²) in [5.41, 5.74) is -0.312. The van der Waals surface area contributed by atoms with Crippen LogP contribution in [0.25, 0.3) is 0 Å². The van der Waals surface area contributed by atoms with Crippen molar-refractivity contribution in [3.8, 4) is 0 Å². The molecule has 0 spiro atoms. The molecule has 0 aromatic heterocycles. The highest BCUT2D eigenvalue weighted by atomic mass is 32.2. The van der Waals surface area contributed by atoms with Crippen LogP contribution in [0.15, 0.2) is 23.1 Å². The number of rotatable bonds is 3. The Bertz CT molecular complexity index is 630. The van der Waals surface area contributed by atoms with Crippen molar-refractivity contribution in [2.24, 2.45) is 5.92 Å². The SMILES string of the molecule is O=C(O)CNC(=O)C1C(=O)Sc2cccc(F)c2C1=O. The van der Waals surface area contributed by atoms with Gasteiger partial charge in [-0.1, -0.05) is 6.07 Å². The van der Waals surface area contributed by atoms with Crippen LogP contribution in [-0.2, 0) is 14.4 Å². The molecule has 20 heavy (non-hydrogen) atoms. The lowest BCUT2D eigenvalue weighted by atomic mass is 9.96. The van der Waals surface area contributed by atoms with E-state index >= 15 is 0 Å². The van der Waals surface area contributed by atoms with Crippen LogP contribution in [0, 0.1) is 11.7 Å². The molecule has 0 bridgehead atoms. The largest absolute Gasteiger partial charge is 0.480 e. The molecule has 1 heterocycles. The average molecular weight is 297 g/mol. The topological polar surface area (TPSA) is 101 Å². The Morgan fingerprint density at radius 1 is 1.35 bits per heavy atom. The number of Topliss-reactive ketones (excluding diaryl/α,β-unsaturated/α-hetero) is 1. The molecular weight excluding hydrogens is 289 g/mol. The van der Waals surface area contributed by atoms with Crippen molar-refractivity contribution >= 4 is 34.5 Å². The molecule has 1 atom stereocenters. The van der Waals surface area contributed by atoms with Crippen molar-refractivity contribution < 1.29 is 28.7 Å². The molecule has 1 unspecified atom stereocenters. The Kier molecular flexibility index (Phi) is 3.84. The molecule has 8 heteroatoms. The Morgan fingerprint density at radius 3 is 2.70 bits per heavy atom. The van der Waals surface area contributed by atoms with E-state index in [1.54, 1.807) is 0 Å². The Hall–Kier alpha value is -2.22. The van der Waals surface area contributed by atoms with Gasteiger partial charge in [-0.3, -0.25) is 19.2 Å². The molecule has 104 valence electrons. The van der Waals surface area contributed by atoms with Gasteiger partial charge in [0.05, 0.1) is 5.56 Å². The molecule has 0 aliphatic carbocycles. The lowest BCUT2D eigenvalue weighted by Gasteiger charge is -2.20. The fraction of sp³-hybridized carbons (Fsp3) is 0.167. The van der Waals surface area contributed by atoms with Crippen LogP contribution in [0.1, 0.15) is 10.4 Å². The van der Waals surface area contributed by atoms with Crippen LogP contribution in [0.3, 0.4) is 0 Å². The number of carboxylic acids is 1. The van der Waals surface area contributed by atoms with Crippen LogP contribution < -0.4 is 5.32 Å². The van der Waals surface area contributed by atoms with Gasteiger partial charge in [0.1, 0.15) is 12.4 Å². The van der Waals surface area contributed by atoms with E-state index in [1.165, 1.54) is 12.1 Å². The second-order valence-corrected chi connectivity index (χ2v) is 4.99. The zero-order chi connectivity index (χ0) is 14.9. The summed E-state index contributed by atoms with van der Waals surface area (Å²) in [6.07, 6.45) is 0. The fourth-order valence-electron chi connectivity index (χ4n) is 1.74. The van der Waals surface area contributed by atoms with Crippen molar-refractivity contribution in [2.45, 2.75) is 4.90 Å². The second kappa shape index (κ2) is 5.41. The molecule has 2 N–H and O–H groups in total. The van der Waals surface area contributed by atoms with Crippen molar-refractivity contribution in [3.05, 3.63) is 29.6 Å². The van der Waals surface area contributed by atoms with Gasteiger partial charge in [0.25, 0.3) is 0 Å². The van der Waals surface area contributed by atoms with E-state index < -0.39 is 41.1 Å². The minimum absolute atomic E-state index is 0.155. The summed E-state index contributed by atoms with van der Waals surface area (Å²) < 4.78 is 13.6. The first kappa shape index (κ1) is 14.2. The van der Waals surface area contributed by atoms with Crippen LogP contribution in [0.4, 0.5) is 4.39 Å². The number of carbonyl (C=O) groups excluding carboxylic acids is 3. The monoisotopic (exact) mass is 297 g/mol. The van der Waals surface area contributed by atoms with Crippen molar-refractivity contribution in [3.63, 3.8) is 0 Å². The first-order valence-electron chi connectivity index (χ1n) is 5.45. The predicted octanol–water partition coefficient (Wildman–Crippen LogP) is 0.458. The third-order valence-corrected chi connectivity index (χ3v) is 3.60. The van der Waals surface area contributed by atoms with Crippen LogP contribution in [0.5, 0.6) is 0 Å². The van der Waals surface area contributed by atoms with Gasteiger partial charge in [0, 0.05) is 4.90 Å². The number of carboxylic acid groups (broad SMARTS) is 1. The van der Waals surface area contributed by atoms with E-state index in [-0.39, 0.29) is 10.5 Å². The minimum atomic E-state index is -1.72. The van der Waals surface area contributed by atoms with Gasteiger partial charge in [0.15, 0.2) is 11.7 Å². The lowest BCUT2D eigenvalue weighted by molar-refractivity contribution is -0.139. The Morgan fingerprint density at radius 2 is 2.05 bits per heavy atom. The van der Waals surface area contributed by atoms with E-state index in [0.29, 0.717) is 11.8 Å². The zero-order valence-corrected chi connectivity index (χ0v) is 10.7. The third kappa shape index (κ3) is 2.55. The number of aliphatic carboxylic acids is 1. The highest BCUT2D eigenvalue weighted by Gasteiger charge is 2.41. The molecular formula is C12H8FNO5S. The average Bonchev–Trinajstić information content (AvgIpc) is 2.35. The summed E-state index contributed by atoms with van der Waals surface area (Å²) in [4.78, 5) is 46.0. The molecule has 1 aromatic carbocycles. The molecule has 0 saturated carbocycles. The van der Waals surface area contributed by atoms with Gasteiger partial charge in [-0.25, -0.2) is 4.39 Å². The number of fused-ring (bicyclic) bond motifs is 1. The van der Waals surface area contributed by atoms with Crippen LogP contribution >= 0.6 is 11.8 Å². The normalized spacial score (nSPS) is 17.6. The highest BCUT2D eigenvalue weighted by molar-refractivity contribution is 8.14. The number of nitrogens with one attached hydrogen (secondary N) is 1. The Labute approximate surface area is 116 Å². The van der Waals surface area contributed by atoms with Gasteiger partial charge < -0.3 is 10.4 Å². The first-order chi connectivity index (χ1) is 9.41. The van der Waals surface area contributed by atoms with E-state index in [4.69, 9.17) is 5.11 Å². The van der Waals surface area contributed by atoms with E-state index in [2.05, 4.69) is 0 Å². The van der Waals surface area contributed by atoms with Gasteiger partial charge >= 0.3 is 5.97 Å². The van der Waals surface area contributed by atoms with Crippen LogP contribution in [0.2, 0.25) is 0 Å². The first-order valence-corrected chi connectivity index (χ1v) is 6.27. The predicted molar refractivity (Wildman–Crippen MR) is 65.7 cm³/mol. The Balaban J connectivity index is 2.31. The summed E-state index contributed by atoms with van der Waals surface area (Å²) in [6, 6.07) is 3.82. The smallest absolute Gasteiger partial charge is 0.322 e. The minimum Gasteiger partial charge on any atom is -0.480 e. The molecule has 0 saturated heterocycles. The molecule has 1 aromatic rings. The van der Waals surface area contributed by atoms with Crippen molar-refractivity contribution in [1.82, 2.24) is 5.32 Å². The van der Waals surface area contributed by atoms with E-state index in [9.17, 15) is 23.6 Å². The van der Waals surface area contributed by atoms with Gasteiger partial charge in [-0.05, 0) is 23.9 Å². The summed E-state index contributed by atoms with van der Waals surface area (Å²) >= 11 is 0.592. The zero-order valence-electron chi connectivity index (χ0n) is 9.88. The molecule has 0 radical (unpaired) electrons. The number of ketones is 1. The number of hydrogen-bond acceptors (Lipinski definition) is 5. The number of carbonyl (C=O) groups is 4. The molecule has 1 amide bonds. The third-order valence-electron chi connectivity index (χ3n) is 2.61. The standard InChI is InChI=1S/C12H8FNO5S/c13-5-2-1-3-6-8(5)10(17)9(12(19)20-6)11(18)14-4-7(15)16/h1-3,9H,4H2,(H,14,18)(H,15,16). The number of amides is 1. The molecule has 1 aliphatic rings. The molecule has 6 nitrogen and oxygen atoms in total. The van der Waals surface area contributed by atoms with Gasteiger partial charge in [-0.15, -0.1) is 0 Å². The van der Waals surface area contributed by atoms with Gasteiger partial charge in [0.2, 0.25) is 11.0 Å². The van der Waals surface area contributed by atoms with Crippen molar-refractivity contribution in [1.29, 1.82) is 0 Å². The number of hydrogen-bond donors (Lipinski definition) is 2. The van der Waals surface area contributed by atoms with Crippen LogP contribution in [-0.4, -0.2) is 34.4 Å². The molecule has 1 aliphatic heterocycles. The number of benzene rings is 1. The summed E-state index contributed by atoms with van der Waals surface area (Å²) in [5, 5.41) is 9.64. The second-order valence-electron chi connectivity index (χ2n) is 3.94.